The Balaban J connectivity index is 1.55. The van der Waals surface area contributed by atoms with E-state index in [-0.39, 0.29) is 18.9 Å². The monoisotopic (exact) mass is 333 g/mol. The van der Waals surface area contributed by atoms with Crippen LogP contribution >= 0.6 is 15.9 Å². The predicted molar refractivity (Wildman–Crippen MR) is 71.1 cm³/mol. The minimum Gasteiger partial charge on any atom is -0.301 e. The van der Waals surface area contributed by atoms with Crippen LogP contribution in [0, 0.1) is 0 Å². The summed E-state index contributed by atoms with van der Waals surface area (Å²) in [5.74, 6) is 0.398. The Bertz CT molecular complexity index is 459. The second-order valence-electron chi connectivity index (χ2n) is 5.64. The molecule has 0 aromatic heterocycles. The van der Waals surface area contributed by atoms with Crippen molar-refractivity contribution in [3.63, 3.8) is 0 Å². The maximum Gasteiger partial charge on any atom is 0.406 e. The molecule has 0 atom stereocenters. The highest BCUT2D eigenvalue weighted by atomic mass is 79.9. The Labute approximate surface area is 118 Å². The molecule has 0 spiro atoms. The lowest BCUT2D eigenvalue weighted by molar-refractivity contribution is -0.169. The summed E-state index contributed by atoms with van der Waals surface area (Å²) < 4.78 is 39.5. The van der Waals surface area contributed by atoms with E-state index in [1.807, 2.05) is 24.3 Å². The van der Waals surface area contributed by atoms with Crippen LogP contribution in [0.3, 0.4) is 0 Å². The van der Waals surface area contributed by atoms with E-state index in [4.69, 9.17) is 0 Å². The third-order valence-electron chi connectivity index (χ3n) is 4.25. The van der Waals surface area contributed by atoms with Gasteiger partial charge in [-0.3, -0.25) is 0 Å². The van der Waals surface area contributed by atoms with Crippen LogP contribution in [0.25, 0.3) is 0 Å². The third-order valence-corrected chi connectivity index (χ3v) is 4.78. The summed E-state index contributed by atoms with van der Waals surface area (Å²) >= 11 is 3.38. The molecule has 0 heterocycles. The van der Waals surface area contributed by atoms with Gasteiger partial charge in [0.25, 0.3) is 0 Å². The summed E-state index contributed by atoms with van der Waals surface area (Å²) in [4.78, 5) is 0. The van der Waals surface area contributed by atoms with Crippen LogP contribution in [0.1, 0.15) is 37.2 Å². The molecule has 2 saturated carbocycles. The highest BCUT2D eigenvalue weighted by Crippen LogP contribution is 2.51. The van der Waals surface area contributed by atoms with Gasteiger partial charge in [0.2, 0.25) is 0 Å². The number of hydrogen-bond acceptors (Lipinski definition) is 1. The second kappa shape index (κ2) is 4.48. The number of hydrogen-bond donors (Lipinski definition) is 1. The third kappa shape index (κ3) is 2.55. The van der Waals surface area contributed by atoms with Gasteiger partial charge < -0.3 is 5.32 Å². The molecule has 5 heteroatoms. The Morgan fingerprint density at radius 1 is 1.11 bits per heavy atom. The maximum atomic E-state index is 12.8. The molecule has 19 heavy (non-hydrogen) atoms. The minimum absolute atomic E-state index is 0.0118. The van der Waals surface area contributed by atoms with E-state index in [1.54, 1.807) is 0 Å². The quantitative estimate of drug-likeness (QED) is 0.865. The first-order valence-electron chi connectivity index (χ1n) is 6.49. The lowest BCUT2D eigenvalue weighted by Gasteiger charge is -2.39. The van der Waals surface area contributed by atoms with E-state index in [9.17, 15) is 13.2 Å². The average molecular weight is 334 g/mol. The van der Waals surface area contributed by atoms with Crippen LogP contribution in [-0.2, 0) is 0 Å². The summed E-state index contributed by atoms with van der Waals surface area (Å²) in [7, 11) is 0. The summed E-state index contributed by atoms with van der Waals surface area (Å²) in [5, 5.41) is 2.82. The minimum atomic E-state index is -4.10. The van der Waals surface area contributed by atoms with Crippen molar-refractivity contribution >= 4 is 15.9 Å². The van der Waals surface area contributed by atoms with Gasteiger partial charge >= 0.3 is 6.18 Å². The van der Waals surface area contributed by atoms with Crippen LogP contribution in [0.4, 0.5) is 13.2 Å². The van der Waals surface area contributed by atoms with Crippen molar-refractivity contribution in [2.45, 2.75) is 49.4 Å². The fourth-order valence-electron chi connectivity index (χ4n) is 2.77. The smallest absolute Gasteiger partial charge is 0.301 e. The average Bonchev–Trinajstić information content (AvgIpc) is 3.05. The van der Waals surface area contributed by atoms with Gasteiger partial charge in [0.05, 0.1) is 0 Å². The Hall–Kier alpha value is -0.550. The van der Waals surface area contributed by atoms with Gasteiger partial charge in [-0.25, -0.2) is 0 Å². The lowest BCUT2D eigenvalue weighted by atomic mass is 9.75. The first kappa shape index (κ1) is 13.4. The molecule has 2 aliphatic carbocycles. The molecule has 3 rings (SSSR count). The summed E-state index contributed by atoms with van der Waals surface area (Å²) in [6, 6.07) is 8.06. The van der Waals surface area contributed by atoms with Crippen molar-refractivity contribution in [3.8, 4) is 0 Å². The molecule has 0 amide bonds. The van der Waals surface area contributed by atoms with Gasteiger partial charge in [-0.2, -0.15) is 13.2 Å². The van der Waals surface area contributed by atoms with E-state index in [0.717, 1.165) is 17.3 Å². The topological polar surface area (TPSA) is 12.0 Å². The SMILES string of the molecule is FC(F)(F)C1(NC2CC(c3ccc(Br)cc3)C2)CC1. The van der Waals surface area contributed by atoms with Gasteiger partial charge in [0, 0.05) is 10.5 Å². The normalized spacial score (nSPS) is 28.8. The molecule has 1 aromatic rings. The molecule has 0 unspecified atom stereocenters. The van der Waals surface area contributed by atoms with Crippen molar-refractivity contribution in [3.05, 3.63) is 34.3 Å². The molecule has 2 fully saturated rings. The molecule has 104 valence electrons. The number of benzene rings is 1. The second-order valence-corrected chi connectivity index (χ2v) is 6.56. The molecule has 0 radical (unpaired) electrons. The van der Waals surface area contributed by atoms with Crippen LogP contribution in [0.5, 0.6) is 0 Å². The van der Waals surface area contributed by atoms with Crippen molar-refractivity contribution in [1.82, 2.24) is 5.32 Å². The first-order valence-corrected chi connectivity index (χ1v) is 7.29. The zero-order valence-electron chi connectivity index (χ0n) is 10.3. The molecule has 1 aromatic carbocycles. The molecule has 1 nitrogen and oxygen atoms in total. The highest BCUT2D eigenvalue weighted by molar-refractivity contribution is 9.10. The zero-order chi connectivity index (χ0) is 13.7. The van der Waals surface area contributed by atoms with E-state index in [0.29, 0.717) is 5.92 Å². The van der Waals surface area contributed by atoms with Gasteiger partial charge in [-0.05, 0) is 49.3 Å². The predicted octanol–water partition coefficient (Wildman–Crippen LogP) is 4.38. The number of nitrogens with one attached hydrogen (secondary N) is 1. The van der Waals surface area contributed by atoms with Crippen molar-refractivity contribution in [2.75, 3.05) is 0 Å². The van der Waals surface area contributed by atoms with Crippen LogP contribution in [-0.4, -0.2) is 17.8 Å². The fraction of sp³-hybridized carbons (Fsp3) is 0.571. The van der Waals surface area contributed by atoms with Gasteiger partial charge in [0.15, 0.2) is 0 Å². The van der Waals surface area contributed by atoms with E-state index in [1.165, 1.54) is 5.56 Å². The maximum absolute atomic E-state index is 12.8. The number of alkyl halides is 3. The molecule has 0 saturated heterocycles. The molecule has 1 N–H and O–H groups in total. The van der Waals surface area contributed by atoms with Crippen molar-refractivity contribution in [2.24, 2.45) is 0 Å². The highest BCUT2D eigenvalue weighted by Gasteiger charge is 2.64. The Kier molecular flexibility index (Phi) is 3.17. The summed E-state index contributed by atoms with van der Waals surface area (Å²) in [6.45, 7) is 0. The molecule has 0 bridgehead atoms. The lowest BCUT2D eigenvalue weighted by Crippen LogP contribution is -2.53. The summed E-state index contributed by atoms with van der Waals surface area (Å²) in [5.41, 5.74) is -0.347. The van der Waals surface area contributed by atoms with E-state index >= 15 is 0 Å². The van der Waals surface area contributed by atoms with Crippen LogP contribution in [0.15, 0.2) is 28.7 Å². The number of halogens is 4. The summed E-state index contributed by atoms with van der Waals surface area (Å²) in [6.07, 6.45) is -2.03. The fourth-order valence-corrected chi connectivity index (χ4v) is 3.03. The van der Waals surface area contributed by atoms with Crippen molar-refractivity contribution in [1.29, 1.82) is 0 Å². The standard InChI is InChI=1S/C14H15BrF3N/c15-11-3-1-9(2-4-11)10-7-12(8-10)19-13(5-6-13)14(16,17)18/h1-4,10,12,19H,5-8H2. The Morgan fingerprint density at radius 3 is 2.16 bits per heavy atom. The number of rotatable bonds is 3. The molecular formula is C14H15BrF3N. The molecular weight excluding hydrogens is 319 g/mol. The van der Waals surface area contributed by atoms with Crippen molar-refractivity contribution < 1.29 is 13.2 Å². The van der Waals surface area contributed by atoms with Gasteiger partial charge in [0.1, 0.15) is 5.54 Å². The first-order chi connectivity index (χ1) is 8.90. The van der Waals surface area contributed by atoms with E-state index in [2.05, 4.69) is 21.2 Å². The van der Waals surface area contributed by atoms with Crippen LogP contribution < -0.4 is 5.32 Å². The molecule has 0 aliphatic heterocycles. The largest absolute Gasteiger partial charge is 0.406 e. The molecule has 2 aliphatic rings. The Morgan fingerprint density at radius 2 is 1.68 bits per heavy atom. The van der Waals surface area contributed by atoms with E-state index < -0.39 is 11.7 Å². The van der Waals surface area contributed by atoms with Gasteiger partial charge in [-0.1, -0.05) is 28.1 Å². The zero-order valence-corrected chi connectivity index (χ0v) is 11.9. The van der Waals surface area contributed by atoms with Gasteiger partial charge in [-0.15, -0.1) is 0 Å². The van der Waals surface area contributed by atoms with Crippen LogP contribution in [0.2, 0.25) is 0 Å².